The summed E-state index contributed by atoms with van der Waals surface area (Å²) in [6, 6.07) is 5.04. The summed E-state index contributed by atoms with van der Waals surface area (Å²) in [6.07, 6.45) is 1.78. The number of carbonyl (C=O) groups is 2. The van der Waals surface area contributed by atoms with Gasteiger partial charge in [-0.3, -0.25) is 9.59 Å². The van der Waals surface area contributed by atoms with Crippen molar-refractivity contribution < 1.29 is 14.3 Å². The number of ether oxygens (including phenoxy) is 1. The molecule has 0 aliphatic heterocycles. The molecule has 2 aromatic rings. The predicted octanol–water partition coefficient (Wildman–Crippen LogP) is 2.87. The number of aromatic nitrogens is 1. The zero-order chi connectivity index (χ0) is 14.5. The van der Waals surface area contributed by atoms with Crippen molar-refractivity contribution in [1.29, 1.82) is 0 Å². The summed E-state index contributed by atoms with van der Waals surface area (Å²) in [5.41, 5.74) is 0.434. The van der Waals surface area contributed by atoms with E-state index in [0.29, 0.717) is 5.69 Å². The number of carbonyl (C=O) groups excluding carboxylic acids is 2. The Bertz CT molecular complexity index is 595. The summed E-state index contributed by atoms with van der Waals surface area (Å²) in [7, 11) is 1.33. The van der Waals surface area contributed by atoms with E-state index < -0.39 is 6.04 Å². The number of hydrogen-bond acceptors (Lipinski definition) is 4. The van der Waals surface area contributed by atoms with Crippen LogP contribution in [0.3, 0.4) is 0 Å². The zero-order valence-corrected chi connectivity index (χ0v) is 13.1. The molecule has 20 heavy (non-hydrogen) atoms. The molecule has 0 fully saturated rings. The number of esters is 1. The average Bonchev–Trinajstić information content (AvgIpc) is 3.08. The molecule has 0 aromatic carbocycles. The van der Waals surface area contributed by atoms with Crippen LogP contribution in [0.1, 0.15) is 27.8 Å². The van der Waals surface area contributed by atoms with Gasteiger partial charge in [-0.25, -0.2) is 0 Å². The zero-order valence-electron chi connectivity index (χ0n) is 10.7. The lowest BCUT2D eigenvalue weighted by Gasteiger charge is -2.15. The van der Waals surface area contributed by atoms with E-state index in [1.54, 1.807) is 12.3 Å². The number of hydrogen-bond donors (Lipinski definition) is 2. The van der Waals surface area contributed by atoms with Gasteiger partial charge < -0.3 is 15.0 Å². The van der Waals surface area contributed by atoms with Crippen LogP contribution >= 0.6 is 27.3 Å². The number of amides is 1. The maximum absolute atomic E-state index is 12.1. The third-order valence-electron chi connectivity index (χ3n) is 2.68. The monoisotopic (exact) mass is 356 g/mol. The molecule has 106 valence electrons. The predicted molar refractivity (Wildman–Crippen MR) is 79.7 cm³/mol. The van der Waals surface area contributed by atoms with Crippen LogP contribution in [-0.4, -0.2) is 24.0 Å². The van der Waals surface area contributed by atoms with Gasteiger partial charge in [0, 0.05) is 15.5 Å². The molecule has 2 N–H and O–H groups in total. The third-order valence-corrected chi connectivity index (χ3v) is 4.13. The number of thiophene rings is 1. The minimum atomic E-state index is -0.392. The second kappa shape index (κ2) is 6.71. The first kappa shape index (κ1) is 14.8. The van der Waals surface area contributed by atoms with E-state index in [1.807, 2.05) is 17.5 Å². The molecule has 1 atom stereocenters. The van der Waals surface area contributed by atoms with Crippen molar-refractivity contribution in [2.24, 2.45) is 0 Å². The highest BCUT2D eigenvalue weighted by Gasteiger charge is 2.21. The van der Waals surface area contributed by atoms with Crippen LogP contribution in [0, 0.1) is 0 Å². The van der Waals surface area contributed by atoms with E-state index in [9.17, 15) is 9.59 Å². The Kier molecular flexibility index (Phi) is 4.97. The Labute approximate surface area is 128 Å². The van der Waals surface area contributed by atoms with Crippen molar-refractivity contribution in [3.63, 3.8) is 0 Å². The van der Waals surface area contributed by atoms with Crippen LogP contribution in [-0.2, 0) is 9.53 Å². The van der Waals surface area contributed by atoms with E-state index in [2.05, 4.69) is 31.0 Å². The number of nitrogens with one attached hydrogen (secondary N) is 2. The molecule has 5 nitrogen and oxygen atoms in total. The summed E-state index contributed by atoms with van der Waals surface area (Å²) in [6.45, 7) is 0. The summed E-state index contributed by atoms with van der Waals surface area (Å²) in [5.74, 6) is -0.630. The smallest absolute Gasteiger partial charge is 0.307 e. The van der Waals surface area contributed by atoms with Gasteiger partial charge in [-0.05, 0) is 33.4 Å². The molecule has 0 saturated heterocycles. The Morgan fingerprint density at radius 1 is 1.55 bits per heavy atom. The molecule has 0 spiro atoms. The van der Waals surface area contributed by atoms with Crippen LogP contribution in [0.5, 0.6) is 0 Å². The standard InChI is InChI=1S/C13H13BrN2O3S/c1-19-12(17)6-9(11-3-2-4-20-11)16-13(18)10-5-8(14)7-15-10/h2-5,7,9,15H,6H2,1H3,(H,16,18)/t9-/m0/s1. The molecular weight excluding hydrogens is 344 g/mol. The molecule has 0 unspecified atom stereocenters. The van der Waals surface area contributed by atoms with Crippen molar-refractivity contribution >= 4 is 39.1 Å². The van der Waals surface area contributed by atoms with Crippen LogP contribution in [0.15, 0.2) is 34.2 Å². The molecule has 7 heteroatoms. The van der Waals surface area contributed by atoms with Gasteiger partial charge in [0.05, 0.1) is 19.6 Å². The van der Waals surface area contributed by atoms with E-state index in [4.69, 9.17) is 0 Å². The highest BCUT2D eigenvalue weighted by atomic mass is 79.9. The number of halogens is 1. The van der Waals surface area contributed by atoms with Crippen LogP contribution in [0.25, 0.3) is 0 Å². The lowest BCUT2D eigenvalue weighted by Crippen LogP contribution is -2.30. The average molecular weight is 357 g/mol. The molecule has 2 heterocycles. The van der Waals surface area contributed by atoms with E-state index in [0.717, 1.165) is 9.35 Å². The number of rotatable bonds is 5. The maximum Gasteiger partial charge on any atom is 0.307 e. The second-order valence-corrected chi connectivity index (χ2v) is 5.95. The van der Waals surface area contributed by atoms with Gasteiger partial charge >= 0.3 is 5.97 Å². The molecule has 0 radical (unpaired) electrons. The van der Waals surface area contributed by atoms with E-state index >= 15 is 0 Å². The normalized spacial score (nSPS) is 11.9. The van der Waals surface area contributed by atoms with E-state index in [-0.39, 0.29) is 18.3 Å². The van der Waals surface area contributed by atoms with Gasteiger partial charge in [0.1, 0.15) is 5.69 Å². The molecule has 2 rings (SSSR count). The Morgan fingerprint density at radius 3 is 2.90 bits per heavy atom. The Morgan fingerprint density at radius 2 is 2.35 bits per heavy atom. The first-order valence-corrected chi connectivity index (χ1v) is 7.52. The first-order valence-electron chi connectivity index (χ1n) is 5.85. The van der Waals surface area contributed by atoms with Crippen molar-refractivity contribution in [2.45, 2.75) is 12.5 Å². The van der Waals surface area contributed by atoms with Crippen LogP contribution in [0.2, 0.25) is 0 Å². The lowest BCUT2D eigenvalue weighted by atomic mass is 10.1. The van der Waals surface area contributed by atoms with Crippen molar-refractivity contribution in [2.75, 3.05) is 7.11 Å². The fourth-order valence-corrected chi connectivity index (χ4v) is 2.82. The van der Waals surface area contributed by atoms with E-state index in [1.165, 1.54) is 18.4 Å². The minimum absolute atomic E-state index is 0.102. The van der Waals surface area contributed by atoms with Crippen molar-refractivity contribution in [3.05, 3.63) is 44.8 Å². The van der Waals surface area contributed by atoms with Gasteiger partial charge in [0.15, 0.2) is 0 Å². The highest BCUT2D eigenvalue weighted by molar-refractivity contribution is 9.10. The third kappa shape index (κ3) is 3.71. The quantitative estimate of drug-likeness (QED) is 0.809. The topological polar surface area (TPSA) is 71.2 Å². The molecule has 0 saturated carbocycles. The van der Waals surface area contributed by atoms with Crippen LogP contribution < -0.4 is 5.32 Å². The fraction of sp³-hybridized carbons (Fsp3) is 0.231. The largest absolute Gasteiger partial charge is 0.469 e. The summed E-state index contributed by atoms with van der Waals surface area (Å²) >= 11 is 4.76. The van der Waals surface area contributed by atoms with Crippen molar-refractivity contribution in [3.8, 4) is 0 Å². The van der Waals surface area contributed by atoms with Gasteiger partial charge in [-0.2, -0.15) is 0 Å². The lowest BCUT2D eigenvalue weighted by molar-refractivity contribution is -0.141. The second-order valence-electron chi connectivity index (χ2n) is 4.05. The molecule has 0 bridgehead atoms. The summed E-state index contributed by atoms with van der Waals surface area (Å²) < 4.78 is 5.46. The highest BCUT2D eigenvalue weighted by Crippen LogP contribution is 2.23. The fourth-order valence-electron chi connectivity index (χ4n) is 1.70. The Hall–Kier alpha value is -1.60. The minimum Gasteiger partial charge on any atom is -0.469 e. The number of methoxy groups -OCH3 is 1. The van der Waals surface area contributed by atoms with Gasteiger partial charge in [-0.15, -0.1) is 11.3 Å². The molecule has 1 amide bonds. The number of H-pyrrole nitrogens is 1. The van der Waals surface area contributed by atoms with Crippen LogP contribution in [0.4, 0.5) is 0 Å². The molecule has 2 aromatic heterocycles. The maximum atomic E-state index is 12.1. The molecule has 0 aliphatic carbocycles. The van der Waals surface area contributed by atoms with Gasteiger partial charge in [-0.1, -0.05) is 6.07 Å². The van der Waals surface area contributed by atoms with Gasteiger partial charge in [0.25, 0.3) is 5.91 Å². The number of aromatic amines is 1. The first-order chi connectivity index (χ1) is 9.60. The summed E-state index contributed by atoms with van der Waals surface area (Å²) in [5, 5.41) is 4.73. The summed E-state index contributed by atoms with van der Waals surface area (Å²) in [4.78, 5) is 27.3. The molecule has 0 aliphatic rings. The SMILES string of the molecule is COC(=O)C[C@H](NC(=O)c1cc(Br)c[nH]1)c1cccs1. The van der Waals surface area contributed by atoms with Gasteiger partial charge in [0.2, 0.25) is 0 Å². The van der Waals surface area contributed by atoms with Crippen molar-refractivity contribution in [1.82, 2.24) is 10.3 Å². The molecular formula is C13H13BrN2O3S. The Balaban J connectivity index is 2.11.